The summed E-state index contributed by atoms with van der Waals surface area (Å²) >= 11 is 0. The van der Waals surface area contributed by atoms with E-state index in [1.165, 1.54) is 44.5 Å². The highest BCUT2D eigenvalue weighted by atomic mass is 15.2. The molecule has 2 rings (SSSR count). The van der Waals surface area contributed by atoms with Gasteiger partial charge in [-0.05, 0) is 50.4 Å². The van der Waals surface area contributed by atoms with Crippen LogP contribution in [0.5, 0.6) is 0 Å². The van der Waals surface area contributed by atoms with E-state index in [2.05, 4.69) is 71.6 Å². The molecule has 4 heteroatoms. The lowest BCUT2D eigenvalue weighted by atomic mass is 9.85. The number of nitrogens with one attached hydrogen (secondary N) is 2. The molecule has 1 heterocycles. The van der Waals surface area contributed by atoms with Crippen LogP contribution in [-0.2, 0) is 5.41 Å². The molecule has 1 aliphatic heterocycles. The molecule has 0 spiro atoms. The Hall–Kier alpha value is -1.55. The lowest BCUT2D eigenvalue weighted by Crippen LogP contribution is -2.46. The van der Waals surface area contributed by atoms with Crippen LogP contribution in [0.2, 0.25) is 0 Å². The SMILES string of the molecule is CCCN1CCC(CNC(=NC)NCC(C)(C)c2ccccc2)CC1. The van der Waals surface area contributed by atoms with Crippen LogP contribution in [0.4, 0.5) is 0 Å². The first-order valence-electron chi connectivity index (χ1n) is 9.77. The molecule has 1 fully saturated rings. The summed E-state index contributed by atoms with van der Waals surface area (Å²) < 4.78 is 0. The topological polar surface area (TPSA) is 39.7 Å². The van der Waals surface area contributed by atoms with Gasteiger partial charge < -0.3 is 15.5 Å². The number of hydrogen-bond donors (Lipinski definition) is 2. The van der Waals surface area contributed by atoms with Crippen LogP contribution < -0.4 is 10.6 Å². The highest BCUT2D eigenvalue weighted by Crippen LogP contribution is 2.21. The molecule has 0 saturated carbocycles. The molecule has 1 aliphatic rings. The van der Waals surface area contributed by atoms with E-state index in [9.17, 15) is 0 Å². The van der Waals surface area contributed by atoms with Crippen molar-refractivity contribution in [2.24, 2.45) is 10.9 Å². The summed E-state index contributed by atoms with van der Waals surface area (Å²) in [5.74, 6) is 1.67. The van der Waals surface area contributed by atoms with Gasteiger partial charge in [-0.25, -0.2) is 0 Å². The Balaban J connectivity index is 1.74. The van der Waals surface area contributed by atoms with Crippen molar-refractivity contribution in [3.8, 4) is 0 Å². The third-order valence-electron chi connectivity index (χ3n) is 5.28. The van der Waals surface area contributed by atoms with Crippen LogP contribution in [0, 0.1) is 5.92 Å². The minimum absolute atomic E-state index is 0.0738. The first-order valence-corrected chi connectivity index (χ1v) is 9.77. The number of nitrogens with zero attached hydrogens (tertiary/aromatic N) is 2. The summed E-state index contributed by atoms with van der Waals surface area (Å²) in [6, 6.07) is 10.7. The van der Waals surface area contributed by atoms with E-state index in [0.29, 0.717) is 0 Å². The fourth-order valence-electron chi connectivity index (χ4n) is 3.49. The van der Waals surface area contributed by atoms with Crippen molar-refractivity contribution >= 4 is 5.96 Å². The smallest absolute Gasteiger partial charge is 0.191 e. The average molecular weight is 345 g/mol. The molecule has 0 aliphatic carbocycles. The molecular weight excluding hydrogens is 308 g/mol. The Morgan fingerprint density at radius 1 is 1.16 bits per heavy atom. The molecule has 1 aromatic rings. The molecule has 0 aromatic heterocycles. The van der Waals surface area contributed by atoms with Crippen LogP contribution in [0.25, 0.3) is 0 Å². The average Bonchev–Trinajstić information content (AvgIpc) is 2.64. The standard InChI is InChI=1S/C21H36N4/c1-5-13-25-14-11-18(12-15-25)16-23-20(22-4)24-17-21(2,3)19-9-7-6-8-10-19/h6-10,18H,5,11-17H2,1-4H3,(H2,22,23,24). The molecule has 25 heavy (non-hydrogen) atoms. The highest BCUT2D eigenvalue weighted by Gasteiger charge is 2.21. The molecule has 0 amide bonds. The third-order valence-corrected chi connectivity index (χ3v) is 5.28. The zero-order valence-electron chi connectivity index (χ0n) is 16.5. The molecule has 0 unspecified atom stereocenters. The molecule has 140 valence electrons. The fourth-order valence-corrected chi connectivity index (χ4v) is 3.49. The first-order chi connectivity index (χ1) is 12.0. The number of piperidine rings is 1. The predicted molar refractivity (Wildman–Crippen MR) is 108 cm³/mol. The van der Waals surface area contributed by atoms with Gasteiger partial charge >= 0.3 is 0 Å². The van der Waals surface area contributed by atoms with E-state index in [-0.39, 0.29) is 5.41 Å². The number of hydrogen-bond acceptors (Lipinski definition) is 2. The van der Waals surface area contributed by atoms with Gasteiger partial charge in [0.25, 0.3) is 0 Å². The maximum absolute atomic E-state index is 4.40. The van der Waals surface area contributed by atoms with Gasteiger partial charge in [0.2, 0.25) is 0 Å². The fraction of sp³-hybridized carbons (Fsp3) is 0.667. The summed E-state index contributed by atoms with van der Waals surface area (Å²) in [5, 5.41) is 7.04. The van der Waals surface area contributed by atoms with E-state index >= 15 is 0 Å². The van der Waals surface area contributed by atoms with Gasteiger partial charge in [0.15, 0.2) is 5.96 Å². The summed E-state index contributed by atoms with van der Waals surface area (Å²) in [6.07, 6.45) is 3.84. The summed E-state index contributed by atoms with van der Waals surface area (Å²) in [7, 11) is 1.86. The number of rotatable bonds is 7. The van der Waals surface area contributed by atoms with Crippen LogP contribution >= 0.6 is 0 Å². The molecule has 1 aromatic carbocycles. The number of benzene rings is 1. The van der Waals surface area contributed by atoms with E-state index < -0.39 is 0 Å². The lowest BCUT2D eigenvalue weighted by molar-refractivity contribution is 0.185. The summed E-state index contributed by atoms with van der Waals surface area (Å²) in [6.45, 7) is 12.4. The Morgan fingerprint density at radius 2 is 1.84 bits per heavy atom. The minimum Gasteiger partial charge on any atom is -0.356 e. The van der Waals surface area contributed by atoms with Crippen LogP contribution in [0.3, 0.4) is 0 Å². The molecule has 1 saturated heterocycles. The zero-order valence-corrected chi connectivity index (χ0v) is 16.5. The third kappa shape index (κ3) is 6.35. The van der Waals surface area contributed by atoms with Gasteiger partial charge in [-0.3, -0.25) is 4.99 Å². The molecule has 4 nitrogen and oxygen atoms in total. The second-order valence-corrected chi connectivity index (χ2v) is 7.84. The van der Waals surface area contributed by atoms with Crippen LogP contribution in [-0.4, -0.2) is 50.6 Å². The first kappa shape index (κ1) is 19.8. The molecule has 0 radical (unpaired) electrons. The highest BCUT2D eigenvalue weighted by molar-refractivity contribution is 5.79. The molecular formula is C21H36N4. The Labute approximate surface area is 154 Å². The zero-order chi connectivity index (χ0) is 18.1. The van der Waals surface area contributed by atoms with Crippen LogP contribution in [0.1, 0.15) is 45.6 Å². The maximum Gasteiger partial charge on any atom is 0.191 e. The van der Waals surface area contributed by atoms with E-state index in [4.69, 9.17) is 0 Å². The number of likely N-dealkylation sites (tertiary alicyclic amines) is 1. The van der Waals surface area contributed by atoms with Crippen molar-refractivity contribution in [1.29, 1.82) is 0 Å². The van der Waals surface area contributed by atoms with Gasteiger partial charge in [-0.2, -0.15) is 0 Å². The normalized spacial score (nSPS) is 17.5. The van der Waals surface area contributed by atoms with Crippen molar-refractivity contribution in [2.75, 3.05) is 39.8 Å². The second kappa shape index (κ2) is 9.81. The summed E-state index contributed by atoms with van der Waals surface area (Å²) in [5.41, 5.74) is 1.42. The Morgan fingerprint density at radius 3 is 2.44 bits per heavy atom. The van der Waals surface area contributed by atoms with E-state index in [1.54, 1.807) is 0 Å². The lowest BCUT2D eigenvalue weighted by Gasteiger charge is -2.32. The van der Waals surface area contributed by atoms with Gasteiger partial charge in [-0.15, -0.1) is 0 Å². The molecule has 0 atom stereocenters. The summed E-state index contributed by atoms with van der Waals surface area (Å²) in [4.78, 5) is 6.99. The Bertz CT molecular complexity index is 516. The van der Waals surface area contributed by atoms with Crippen LogP contribution in [0.15, 0.2) is 35.3 Å². The largest absolute Gasteiger partial charge is 0.356 e. The molecule has 0 bridgehead atoms. The van der Waals surface area contributed by atoms with Crippen molar-refractivity contribution < 1.29 is 0 Å². The second-order valence-electron chi connectivity index (χ2n) is 7.84. The van der Waals surface area contributed by atoms with E-state index in [0.717, 1.165) is 25.0 Å². The van der Waals surface area contributed by atoms with Crippen molar-refractivity contribution in [3.63, 3.8) is 0 Å². The number of aliphatic imine (C=N–C) groups is 1. The van der Waals surface area contributed by atoms with E-state index in [1.807, 2.05) is 7.05 Å². The van der Waals surface area contributed by atoms with Gasteiger partial charge in [-0.1, -0.05) is 51.1 Å². The van der Waals surface area contributed by atoms with Gasteiger partial charge in [0, 0.05) is 25.6 Å². The quantitative estimate of drug-likeness (QED) is 0.589. The van der Waals surface area contributed by atoms with Gasteiger partial charge in [0.1, 0.15) is 0 Å². The monoisotopic (exact) mass is 344 g/mol. The van der Waals surface area contributed by atoms with Gasteiger partial charge in [0.05, 0.1) is 0 Å². The van der Waals surface area contributed by atoms with Crippen molar-refractivity contribution in [2.45, 2.75) is 45.4 Å². The molecule has 2 N–H and O–H groups in total. The van der Waals surface area contributed by atoms with Crippen molar-refractivity contribution in [3.05, 3.63) is 35.9 Å². The maximum atomic E-state index is 4.40. The minimum atomic E-state index is 0.0738. The predicted octanol–water partition coefficient (Wildman–Crippen LogP) is 3.25. The van der Waals surface area contributed by atoms with Crippen molar-refractivity contribution in [1.82, 2.24) is 15.5 Å². The number of guanidine groups is 1. The Kier molecular flexibility index (Phi) is 7.76.